The number of aromatic nitrogens is 4. The zero-order chi connectivity index (χ0) is 14.6. The second kappa shape index (κ2) is 6.29. The van der Waals surface area contributed by atoms with Crippen LogP contribution < -0.4 is 5.32 Å². The van der Waals surface area contributed by atoms with Crippen LogP contribution >= 0.6 is 11.8 Å². The van der Waals surface area contributed by atoms with E-state index in [0.29, 0.717) is 17.0 Å². The van der Waals surface area contributed by atoms with Gasteiger partial charge in [0.1, 0.15) is 0 Å². The summed E-state index contributed by atoms with van der Waals surface area (Å²) >= 11 is 1.32. The maximum Gasteiger partial charge on any atom is 0.422 e. The molecule has 7 nitrogen and oxygen atoms in total. The van der Waals surface area contributed by atoms with Gasteiger partial charge in [-0.2, -0.15) is 13.2 Å². The van der Waals surface area contributed by atoms with Crippen molar-refractivity contribution in [3.05, 3.63) is 0 Å². The number of alkyl carbamates (subject to hydrolysis) is 1. The van der Waals surface area contributed by atoms with Crippen molar-refractivity contribution >= 4 is 17.9 Å². The summed E-state index contributed by atoms with van der Waals surface area (Å²) in [4.78, 5) is 10.9. The van der Waals surface area contributed by atoms with Crippen molar-refractivity contribution in [1.82, 2.24) is 25.5 Å². The number of amides is 1. The van der Waals surface area contributed by atoms with Gasteiger partial charge in [0.15, 0.2) is 6.61 Å². The molecule has 0 spiro atoms. The van der Waals surface area contributed by atoms with Gasteiger partial charge >= 0.3 is 12.3 Å². The molecule has 0 atom stereocenters. The van der Waals surface area contributed by atoms with Gasteiger partial charge in [0.25, 0.3) is 0 Å². The summed E-state index contributed by atoms with van der Waals surface area (Å²) in [5.74, 6) is 0.439. The van der Waals surface area contributed by atoms with Crippen molar-refractivity contribution in [2.75, 3.05) is 18.9 Å². The predicted octanol–water partition coefficient (Wildman–Crippen LogP) is 1.39. The summed E-state index contributed by atoms with van der Waals surface area (Å²) in [6.45, 7) is -1.43. The second-order valence-electron chi connectivity index (χ2n) is 4.10. The first-order valence-electron chi connectivity index (χ1n) is 5.84. The molecule has 0 unspecified atom stereocenters. The molecule has 0 aliphatic heterocycles. The van der Waals surface area contributed by atoms with E-state index in [1.54, 1.807) is 4.68 Å². The third kappa shape index (κ3) is 4.87. The number of thioether (sulfide) groups is 1. The lowest BCUT2D eigenvalue weighted by molar-refractivity contribution is -0.160. The van der Waals surface area contributed by atoms with E-state index in [1.165, 1.54) is 11.8 Å². The van der Waals surface area contributed by atoms with Crippen LogP contribution in [-0.4, -0.2) is 51.4 Å². The average Bonchev–Trinajstić information content (AvgIpc) is 3.11. The monoisotopic (exact) mass is 311 g/mol. The van der Waals surface area contributed by atoms with Crippen molar-refractivity contribution in [3.63, 3.8) is 0 Å². The van der Waals surface area contributed by atoms with Gasteiger partial charge in [0.2, 0.25) is 5.16 Å². The molecule has 0 saturated heterocycles. The van der Waals surface area contributed by atoms with Gasteiger partial charge < -0.3 is 10.1 Å². The minimum Gasteiger partial charge on any atom is -0.440 e. The highest BCUT2D eigenvalue weighted by Crippen LogP contribution is 2.36. The fourth-order valence-corrected chi connectivity index (χ4v) is 2.12. The lowest BCUT2D eigenvalue weighted by Crippen LogP contribution is -2.30. The molecule has 0 aromatic carbocycles. The molecule has 2 rings (SSSR count). The van der Waals surface area contributed by atoms with Crippen molar-refractivity contribution in [1.29, 1.82) is 0 Å². The summed E-state index contributed by atoms with van der Waals surface area (Å²) in [6, 6.07) is 0.345. The number of ether oxygens (including phenoxy) is 1. The molecule has 1 heterocycles. The number of carbonyl (C=O) groups is 1. The van der Waals surface area contributed by atoms with Gasteiger partial charge in [-0.25, -0.2) is 9.48 Å². The number of rotatable bonds is 6. The Hall–Kier alpha value is -1.52. The zero-order valence-corrected chi connectivity index (χ0v) is 11.1. The molecular weight excluding hydrogens is 299 g/mol. The third-order valence-electron chi connectivity index (χ3n) is 2.32. The van der Waals surface area contributed by atoms with Gasteiger partial charge in [0, 0.05) is 12.3 Å². The number of nitrogens with zero attached hydrogens (tertiary/aromatic N) is 4. The molecule has 112 valence electrons. The van der Waals surface area contributed by atoms with Gasteiger partial charge in [0.05, 0.1) is 6.04 Å². The first-order valence-corrected chi connectivity index (χ1v) is 6.82. The minimum absolute atomic E-state index is 0.166. The molecule has 1 aliphatic rings. The third-order valence-corrected chi connectivity index (χ3v) is 3.26. The number of hydrogen-bond donors (Lipinski definition) is 1. The van der Waals surface area contributed by atoms with Crippen LogP contribution in [0.1, 0.15) is 18.9 Å². The molecular formula is C9H12F3N5O2S. The summed E-state index contributed by atoms with van der Waals surface area (Å²) in [6.07, 6.45) is -3.52. The Labute approximate surface area is 116 Å². The molecule has 0 bridgehead atoms. The van der Waals surface area contributed by atoms with Crippen molar-refractivity contribution in [3.8, 4) is 0 Å². The zero-order valence-electron chi connectivity index (χ0n) is 10.3. The second-order valence-corrected chi connectivity index (χ2v) is 5.17. The van der Waals surface area contributed by atoms with E-state index in [1.807, 2.05) is 0 Å². The number of nitrogens with one attached hydrogen (secondary N) is 1. The minimum atomic E-state index is -4.52. The van der Waals surface area contributed by atoms with E-state index in [9.17, 15) is 18.0 Å². The standard InChI is InChI=1S/C9H12F3N5O2S/c10-9(11,12)5-19-8(18)13-3-4-20-7-14-15-16-17(7)6-1-2-6/h6H,1-5H2,(H,13,18). The fourth-order valence-electron chi connectivity index (χ4n) is 1.32. The molecule has 1 saturated carbocycles. The number of hydrogen-bond acceptors (Lipinski definition) is 6. The number of alkyl halides is 3. The number of carbonyl (C=O) groups excluding carboxylic acids is 1. The van der Waals surface area contributed by atoms with E-state index >= 15 is 0 Å². The van der Waals surface area contributed by atoms with Gasteiger partial charge in [-0.15, -0.1) is 5.10 Å². The SMILES string of the molecule is O=C(NCCSc1nnnn1C1CC1)OCC(F)(F)F. The Morgan fingerprint density at radius 3 is 2.90 bits per heavy atom. The van der Waals surface area contributed by atoms with Crippen molar-refractivity contribution in [2.45, 2.75) is 30.2 Å². The molecule has 11 heteroatoms. The van der Waals surface area contributed by atoms with Gasteiger partial charge in [-0.3, -0.25) is 0 Å². The van der Waals surface area contributed by atoms with Crippen LogP contribution in [0.15, 0.2) is 5.16 Å². The molecule has 1 aliphatic carbocycles. The van der Waals surface area contributed by atoms with E-state index in [4.69, 9.17) is 0 Å². The maximum atomic E-state index is 11.8. The van der Waals surface area contributed by atoms with Crippen LogP contribution in [0.4, 0.5) is 18.0 Å². The molecule has 1 fully saturated rings. The van der Waals surface area contributed by atoms with Gasteiger partial charge in [-0.1, -0.05) is 11.8 Å². The molecule has 1 N–H and O–H groups in total. The Bertz CT molecular complexity index is 463. The lowest BCUT2D eigenvalue weighted by Gasteiger charge is -2.08. The summed E-state index contributed by atoms with van der Waals surface area (Å²) < 4.78 is 41.0. The molecule has 1 aromatic rings. The highest BCUT2D eigenvalue weighted by molar-refractivity contribution is 7.99. The highest BCUT2D eigenvalue weighted by atomic mass is 32.2. The Balaban J connectivity index is 1.61. The first-order chi connectivity index (χ1) is 9.46. The van der Waals surface area contributed by atoms with Gasteiger partial charge in [-0.05, 0) is 23.3 Å². The average molecular weight is 311 g/mol. The highest BCUT2D eigenvalue weighted by Gasteiger charge is 2.29. The van der Waals surface area contributed by atoms with E-state index in [0.717, 1.165) is 12.8 Å². The van der Waals surface area contributed by atoms with E-state index in [2.05, 4.69) is 25.6 Å². The largest absolute Gasteiger partial charge is 0.440 e. The Morgan fingerprint density at radius 2 is 2.25 bits per heavy atom. The van der Waals surface area contributed by atoms with Crippen LogP contribution in [0, 0.1) is 0 Å². The lowest BCUT2D eigenvalue weighted by atomic mass is 10.7. The molecule has 0 radical (unpaired) electrons. The summed E-state index contributed by atoms with van der Waals surface area (Å²) in [5.41, 5.74) is 0. The van der Waals surface area contributed by atoms with E-state index < -0.39 is 18.9 Å². The van der Waals surface area contributed by atoms with Crippen LogP contribution in [0.3, 0.4) is 0 Å². The summed E-state index contributed by atoms with van der Waals surface area (Å²) in [5, 5.41) is 14.1. The fraction of sp³-hybridized carbons (Fsp3) is 0.778. The van der Waals surface area contributed by atoms with Crippen molar-refractivity contribution < 1.29 is 22.7 Å². The van der Waals surface area contributed by atoms with E-state index in [-0.39, 0.29) is 6.54 Å². The van der Waals surface area contributed by atoms with Crippen LogP contribution in [0.2, 0.25) is 0 Å². The van der Waals surface area contributed by atoms with Crippen LogP contribution in [-0.2, 0) is 4.74 Å². The topological polar surface area (TPSA) is 81.9 Å². The molecule has 20 heavy (non-hydrogen) atoms. The van der Waals surface area contributed by atoms with Crippen molar-refractivity contribution in [2.24, 2.45) is 0 Å². The normalized spacial score (nSPS) is 15.2. The Morgan fingerprint density at radius 1 is 1.50 bits per heavy atom. The number of halogens is 3. The quantitative estimate of drug-likeness (QED) is 0.631. The molecule has 1 aromatic heterocycles. The van der Waals surface area contributed by atoms with Crippen LogP contribution in [0.5, 0.6) is 0 Å². The smallest absolute Gasteiger partial charge is 0.422 e. The Kier molecular flexibility index (Phi) is 4.68. The first kappa shape index (κ1) is 14.9. The predicted molar refractivity (Wildman–Crippen MR) is 62.2 cm³/mol. The molecule has 1 amide bonds. The number of tetrazole rings is 1. The van der Waals surface area contributed by atoms with Crippen LogP contribution in [0.25, 0.3) is 0 Å². The summed E-state index contributed by atoms with van der Waals surface area (Å²) in [7, 11) is 0. The maximum absolute atomic E-state index is 11.8.